The minimum absolute atomic E-state index is 0.343. The third kappa shape index (κ3) is 1.99. The molecular weight excluding hydrogens is 299 g/mol. The molecule has 3 nitrogen and oxygen atoms in total. The van der Waals surface area contributed by atoms with Crippen LogP contribution in [-0.4, -0.2) is 16.7 Å². The Bertz CT molecular complexity index is 856. The number of aromatic nitrogens is 2. The summed E-state index contributed by atoms with van der Waals surface area (Å²) in [5.41, 5.74) is 1.82. The number of para-hydroxylation sites is 1. The van der Waals surface area contributed by atoms with Gasteiger partial charge in [0.2, 0.25) is 0 Å². The van der Waals surface area contributed by atoms with Gasteiger partial charge in [0.15, 0.2) is 4.77 Å². The number of rotatable bonds is 2. The molecule has 0 amide bonds. The Morgan fingerprint density at radius 3 is 2.80 bits per heavy atom. The number of hydrogen-bond donors (Lipinski definition) is 1. The maximum absolute atomic E-state index is 14.1. The molecule has 3 rings (SSSR count). The van der Waals surface area contributed by atoms with Crippen LogP contribution in [0.2, 0.25) is 5.02 Å². The zero-order valence-corrected chi connectivity index (χ0v) is 12.1. The van der Waals surface area contributed by atoms with Crippen molar-refractivity contribution in [3.63, 3.8) is 0 Å². The van der Waals surface area contributed by atoms with Crippen LogP contribution in [0.5, 0.6) is 5.75 Å². The minimum atomic E-state index is -0.433. The quantitative estimate of drug-likeness (QED) is 0.707. The Kier molecular flexibility index (Phi) is 3.23. The van der Waals surface area contributed by atoms with Gasteiger partial charge in [0.05, 0.1) is 18.3 Å². The van der Waals surface area contributed by atoms with Crippen LogP contribution in [0.15, 0.2) is 36.4 Å². The van der Waals surface area contributed by atoms with E-state index in [0.717, 1.165) is 11.0 Å². The molecule has 0 spiro atoms. The molecule has 1 heterocycles. The predicted molar refractivity (Wildman–Crippen MR) is 80.0 cm³/mol. The summed E-state index contributed by atoms with van der Waals surface area (Å²) in [6.45, 7) is 0. The Labute approximate surface area is 124 Å². The molecule has 20 heavy (non-hydrogen) atoms. The number of nitrogens with one attached hydrogen (secondary N) is 1. The van der Waals surface area contributed by atoms with Gasteiger partial charge in [0.1, 0.15) is 17.1 Å². The molecule has 0 bridgehead atoms. The van der Waals surface area contributed by atoms with Crippen molar-refractivity contribution in [1.82, 2.24) is 9.55 Å². The van der Waals surface area contributed by atoms with Gasteiger partial charge in [0.25, 0.3) is 0 Å². The summed E-state index contributed by atoms with van der Waals surface area (Å²) < 4.78 is 21.4. The third-order valence-electron chi connectivity index (χ3n) is 3.05. The van der Waals surface area contributed by atoms with Gasteiger partial charge in [-0.2, -0.15) is 0 Å². The summed E-state index contributed by atoms with van der Waals surface area (Å²) in [4.78, 5) is 3.04. The number of halogens is 2. The fourth-order valence-corrected chi connectivity index (χ4v) is 2.63. The van der Waals surface area contributed by atoms with Crippen LogP contribution >= 0.6 is 23.8 Å². The molecule has 0 aliphatic heterocycles. The molecule has 102 valence electrons. The molecule has 3 aromatic rings. The SMILES string of the molecule is COc1cccc2c1[nH]c(=S)n2-c1ccc(Cl)cc1F. The first-order chi connectivity index (χ1) is 9.61. The Balaban J connectivity index is 2.37. The van der Waals surface area contributed by atoms with Crippen molar-refractivity contribution in [1.29, 1.82) is 0 Å². The van der Waals surface area contributed by atoms with E-state index in [-0.39, 0.29) is 0 Å². The smallest absolute Gasteiger partial charge is 0.182 e. The average molecular weight is 309 g/mol. The Morgan fingerprint density at radius 2 is 2.10 bits per heavy atom. The largest absolute Gasteiger partial charge is 0.494 e. The highest BCUT2D eigenvalue weighted by Gasteiger charge is 2.13. The number of benzene rings is 2. The van der Waals surface area contributed by atoms with Crippen molar-refractivity contribution >= 4 is 34.9 Å². The number of aromatic amines is 1. The van der Waals surface area contributed by atoms with Crippen LogP contribution in [0.3, 0.4) is 0 Å². The van der Waals surface area contributed by atoms with Crippen molar-refractivity contribution in [2.75, 3.05) is 7.11 Å². The number of hydrogen-bond acceptors (Lipinski definition) is 2. The highest BCUT2D eigenvalue weighted by Crippen LogP contribution is 2.28. The van der Waals surface area contributed by atoms with Gasteiger partial charge in [-0.25, -0.2) is 4.39 Å². The fourth-order valence-electron chi connectivity index (χ4n) is 2.18. The van der Waals surface area contributed by atoms with E-state index in [1.54, 1.807) is 23.8 Å². The zero-order chi connectivity index (χ0) is 14.3. The first-order valence-corrected chi connectivity index (χ1v) is 6.63. The van der Waals surface area contributed by atoms with Crippen LogP contribution in [0.4, 0.5) is 4.39 Å². The highest BCUT2D eigenvalue weighted by molar-refractivity contribution is 7.71. The first-order valence-electron chi connectivity index (χ1n) is 5.85. The van der Waals surface area contributed by atoms with Gasteiger partial charge in [-0.3, -0.25) is 4.57 Å². The molecule has 6 heteroatoms. The van der Waals surface area contributed by atoms with Crippen LogP contribution in [0.1, 0.15) is 0 Å². The molecule has 0 atom stereocenters. The standard InChI is InChI=1S/C14H10ClFN2OS/c1-19-12-4-2-3-11-13(12)17-14(20)18(11)10-6-5-8(15)7-9(10)16/h2-7H,1H3,(H,17,20). The molecule has 0 aliphatic carbocycles. The van der Waals surface area contributed by atoms with Crippen molar-refractivity contribution in [3.05, 3.63) is 52.0 Å². The normalized spacial score (nSPS) is 10.9. The van der Waals surface area contributed by atoms with E-state index in [2.05, 4.69) is 4.98 Å². The van der Waals surface area contributed by atoms with Gasteiger partial charge >= 0.3 is 0 Å². The summed E-state index contributed by atoms with van der Waals surface area (Å²) in [5, 5.41) is 0.343. The summed E-state index contributed by atoms with van der Waals surface area (Å²) in [7, 11) is 1.58. The van der Waals surface area contributed by atoms with Crippen LogP contribution < -0.4 is 4.74 Å². The molecule has 0 fully saturated rings. The van der Waals surface area contributed by atoms with Gasteiger partial charge in [0, 0.05) is 5.02 Å². The maximum Gasteiger partial charge on any atom is 0.182 e. The molecular formula is C14H10ClFN2OS. The minimum Gasteiger partial charge on any atom is -0.494 e. The second kappa shape index (κ2) is 4.92. The lowest BCUT2D eigenvalue weighted by Crippen LogP contribution is -1.97. The number of methoxy groups -OCH3 is 1. The number of H-pyrrole nitrogens is 1. The van der Waals surface area contributed by atoms with E-state index in [9.17, 15) is 4.39 Å². The second-order valence-corrected chi connectivity index (χ2v) is 5.04. The molecule has 0 aliphatic rings. The summed E-state index contributed by atoms with van der Waals surface area (Å²) >= 11 is 11.1. The predicted octanol–water partition coefficient (Wildman–Crippen LogP) is 4.49. The van der Waals surface area contributed by atoms with Gasteiger partial charge < -0.3 is 9.72 Å². The van der Waals surface area contributed by atoms with E-state index in [1.165, 1.54) is 6.07 Å². The number of fused-ring (bicyclic) bond motifs is 1. The van der Waals surface area contributed by atoms with Crippen LogP contribution in [0.25, 0.3) is 16.7 Å². The molecule has 1 aromatic heterocycles. The number of imidazole rings is 1. The molecule has 0 unspecified atom stereocenters. The summed E-state index contributed by atoms with van der Waals surface area (Å²) in [5.74, 6) is 0.221. The monoisotopic (exact) mass is 308 g/mol. The van der Waals surface area contributed by atoms with Crippen molar-refractivity contribution in [3.8, 4) is 11.4 Å². The highest BCUT2D eigenvalue weighted by atomic mass is 35.5. The van der Waals surface area contributed by atoms with E-state index in [0.29, 0.717) is 21.2 Å². The fraction of sp³-hybridized carbons (Fsp3) is 0.0714. The molecule has 1 N–H and O–H groups in total. The molecule has 0 saturated carbocycles. The molecule has 0 saturated heterocycles. The van der Waals surface area contributed by atoms with E-state index in [4.69, 9.17) is 28.6 Å². The lowest BCUT2D eigenvalue weighted by molar-refractivity contribution is 0.419. The number of nitrogens with zero attached hydrogens (tertiary/aromatic N) is 1. The topological polar surface area (TPSA) is 29.9 Å². The van der Waals surface area contributed by atoms with Gasteiger partial charge in [-0.1, -0.05) is 17.7 Å². The third-order valence-corrected chi connectivity index (χ3v) is 3.57. The van der Waals surface area contributed by atoms with Crippen molar-refractivity contribution in [2.45, 2.75) is 0 Å². The maximum atomic E-state index is 14.1. The zero-order valence-electron chi connectivity index (χ0n) is 10.5. The van der Waals surface area contributed by atoms with E-state index in [1.807, 2.05) is 18.2 Å². The summed E-state index contributed by atoms with van der Waals surface area (Å²) in [6, 6.07) is 9.97. The van der Waals surface area contributed by atoms with Crippen molar-refractivity contribution in [2.24, 2.45) is 0 Å². The van der Waals surface area contributed by atoms with Crippen LogP contribution in [-0.2, 0) is 0 Å². The van der Waals surface area contributed by atoms with Crippen molar-refractivity contribution < 1.29 is 9.13 Å². The molecule has 2 aromatic carbocycles. The average Bonchev–Trinajstić information content (AvgIpc) is 2.75. The number of ether oxygens (including phenoxy) is 1. The molecule has 0 radical (unpaired) electrons. The van der Waals surface area contributed by atoms with Gasteiger partial charge in [-0.05, 0) is 42.5 Å². The second-order valence-electron chi connectivity index (χ2n) is 4.22. The lowest BCUT2D eigenvalue weighted by atomic mass is 10.2. The lowest BCUT2D eigenvalue weighted by Gasteiger charge is -2.07. The first kappa shape index (κ1) is 13.1. The van der Waals surface area contributed by atoms with E-state index >= 15 is 0 Å². The summed E-state index contributed by atoms with van der Waals surface area (Å²) in [6.07, 6.45) is 0. The Morgan fingerprint density at radius 1 is 1.30 bits per heavy atom. The van der Waals surface area contributed by atoms with Gasteiger partial charge in [-0.15, -0.1) is 0 Å². The van der Waals surface area contributed by atoms with Crippen LogP contribution in [0, 0.1) is 10.6 Å². The van der Waals surface area contributed by atoms with E-state index < -0.39 is 5.82 Å². The Hall–Kier alpha value is -1.85.